The summed E-state index contributed by atoms with van der Waals surface area (Å²) in [6.07, 6.45) is 0.753. The molecule has 31 heavy (non-hydrogen) atoms. The van der Waals surface area contributed by atoms with Gasteiger partial charge in [-0.15, -0.1) is 0 Å². The third-order valence-electron chi connectivity index (χ3n) is 5.57. The lowest BCUT2D eigenvalue weighted by Gasteiger charge is -2.34. The molecule has 0 saturated carbocycles. The molecule has 1 aromatic heterocycles. The molecule has 6 nitrogen and oxygen atoms in total. The summed E-state index contributed by atoms with van der Waals surface area (Å²) in [4.78, 5) is 29.9. The van der Waals surface area contributed by atoms with Crippen LogP contribution in [0.15, 0.2) is 47.3 Å². The Balaban J connectivity index is 1.52. The minimum atomic E-state index is -0.353. The van der Waals surface area contributed by atoms with Crippen LogP contribution in [0.5, 0.6) is 0 Å². The number of rotatable bonds is 5. The van der Waals surface area contributed by atoms with Crippen LogP contribution in [0.25, 0.3) is 10.8 Å². The minimum Gasteiger partial charge on any atom is -0.335 e. The highest BCUT2D eigenvalue weighted by Crippen LogP contribution is 2.21. The molecule has 0 unspecified atom stereocenters. The van der Waals surface area contributed by atoms with Gasteiger partial charge in [0, 0.05) is 49.7 Å². The fourth-order valence-electron chi connectivity index (χ4n) is 3.91. The average molecular weight is 443 g/mol. The number of carbonyl (C=O) groups is 1. The maximum atomic E-state index is 13.3. The molecule has 3 aromatic rings. The van der Waals surface area contributed by atoms with Crippen molar-refractivity contribution in [3.63, 3.8) is 0 Å². The molecular weight excluding hydrogens is 419 g/mol. The first-order valence-electron chi connectivity index (χ1n) is 10.4. The molecule has 0 spiro atoms. The smallest absolute Gasteiger partial charge is 0.275 e. The molecule has 162 valence electrons. The Morgan fingerprint density at radius 2 is 1.81 bits per heavy atom. The van der Waals surface area contributed by atoms with Gasteiger partial charge in [-0.05, 0) is 30.2 Å². The molecular formula is C23H24ClFN4O2. The first kappa shape index (κ1) is 21.5. The van der Waals surface area contributed by atoms with Crippen LogP contribution in [0.3, 0.4) is 0 Å². The van der Waals surface area contributed by atoms with Crippen molar-refractivity contribution in [2.75, 3.05) is 26.2 Å². The molecule has 1 aliphatic heterocycles. The Hall–Kier alpha value is -2.77. The van der Waals surface area contributed by atoms with Gasteiger partial charge in [0.2, 0.25) is 0 Å². The molecule has 8 heteroatoms. The number of aromatic nitrogens is 2. The standard InChI is InChI=1S/C23H24ClFN4O2/c1-2-9-29-22(30)19-6-4-3-5-18(19)21(26-29)23(31)28-12-10-27(11-13-28)15-16-7-8-17(25)14-20(16)24/h3-8,14H,2,9-13,15H2,1H3. The molecule has 1 aliphatic rings. The highest BCUT2D eigenvalue weighted by atomic mass is 35.5. The van der Waals surface area contributed by atoms with Crippen LogP contribution < -0.4 is 5.56 Å². The van der Waals surface area contributed by atoms with E-state index >= 15 is 0 Å². The molecule has 4 rings (SSSR count). The fourth-order valence-corrected chi connectivity index (χ4v) is 4.13. The molecule has 1 amide bonds. The van der Waals surface area contributed by atoms with Gasteiger partial charge in [-0.2, -0.15) is 5.10 Å². The zero-order valence-electron chi connectivity index (χ0n) is 17.4. The Morgan fingerprint density at radius 3 is 2.48 bits per heavy atom. The van der Waals surface area contributed by atoms with Crippen molar-refractivity contribution in [1.29, 1.82) is 0 Å². The quantitative estimate of drug-likeness (QED) is 0.606. The SMILES string of the molecule is CCCn1nc(C(=O)N2CCN(Cc3ccc(F)cc3Cl)CC2)c2ccccc2c1=O. The van der Waals surface area contributed by atoms with E-state index in [0.29, 0.717) is 60.8 Å². The molecule has 0 aliphatic carbocycles. The Labute approximate surface area is 184 Å². The number of amides is 1. The van der Waals surface area contributed by atoms with Crippen LogP contribution >= 0.6 is 11.6 Å². The van der Waals surface area contributed by atoms with Crippen molar-refractivity contribution in [3.05, 3.63) is 74.9 Å². The normalized spacial score (nSPS) is 14.9. The second-order valence-corrected chi connectivity index (χ2v) is 8.13. The summed E-state index contributed by atoms with van der Waals surface area (Å²) in [6, 6.07) is 11.6. The van der Waals surface area contributed by atoms with Crippen molar-refractivity contribution in [3.8, 4) is 0 Å². The van der Waals surface area contributed by atoms with Gasteiger partial charge in [0.1, 0.15) is 5.82 Å². The molecule has 0 bridgehead atoms. The van der Waals surface area contributed by atoms with Crippen molar-refractivity contribution in [2.24, 2.45) is 0 Å². The zero-order chi connectivity index (χ0) is 22.0. The van der Waals surface area contributed by atoms with Crippen molar-refractivity contribution in [1.82, 2.24) is 19.6 Å². The number of piperazine rings is 1. The summed E-state index contributed by atoms with van der Waals surface area (Å²) in [5.41, 5.74) is 1.01. The van der Waals surface area contributed by atoms with E-state index in [0.717, 1.165) is 12.0 Å². The maximum absolute atomic E-state index is 13.3. The third kappa shape index (κ3) is 4.48. The number of carbonyl (C=O) groups excluding carboxylic acids is 1. The van der Waals surface area contributed by atoms with E-state index in [1.54, 1.807) is 29.2 Å². The number of hydrogen-bond acceptors (Lipinski definition) is 4. The van der Waals surface area contributed by atoms with Gasteiger partial charge >= 0.3 is 0 Å². The predicted molar refractivity (Wildman–Crippen MR) is 119 cm³/mol. The molecule has 0 N–H and O–H groups in total. The lowest BCUT2D eigenvalue weighted by molar-refractivity contribution is 0.0622. The molecule has 1 fully saturated rings. The van der Waals surface area contributed by atoms with Gasteiger partial charge < -0.3 is 4.90 Å². The number of aryl methyl sites for hydroxylation is 1. The number of hydrogen-bond donors (Lipinski definition) is 0. The van der Waals surface area contributed by atoms with Gasteiger partial charge in [-0.25, -0.2) is 9.07 Å². The van der Waals surface area contributed by atoms with E-state index in [1.165, 1.54) is 16.8 Å². The topological polar surface area (TPSA) is 58.4 Å². The van der Waals surface area contributed by atoms with Gasteiger partial charge in [0.05, 0.1) is 5.39 Å². The molecule has 0 radical (unpaired) electrons. The third-order valence-corrected chi connectivity index (χ3v) is 5.93. The van der Waals surface area contributed by atoms with E-state index in [2.05, 4.69) is 10.00 Å². The largest absolute Gasteiger partial charge is 0.335 e. The van der Waals surface area contributed by atoms with Crippen molar-refractivity contribution in [2.45, 2.75) is 26.4 Å². The van der Waals surface area contributed by atoms with E-state index in [4.69, 9.17) is 11.6 Å². The number of halogens is 2. The second-order valence-electron chi connectivity index (χ2n) is 7.73. The van der Waals surface area contributed by atoms with E-state index in [1.807, 2.05) is 13.0 Å². The van der Waals surface area contributed by atoms with Crippen molar-refractivity contribution >= 4 is 28.3 Å². The van der Waals surface area contributed by atoms with Crippen LogP contribution in [0, 0.1) is 5.82 Å². The van der Waals surface area contributed by atoms with Crippen molar-refractivity contribution < 1.29 is 9.18 Å². The number of benzene rings is 2. The molecule has 2 heterocycles. The van der Waals surface area contributed by atoms with Gasteiger partial charge in [0.25, 0.3) is 11.5 Å². The lowest BCUT2D eigenvalue weighted by atomic mass is 10.1. The Morgan fingerprint density at radius 1 is 1.10 bits per heavy atom. The number of nitrogens with zero attached hydrogens (tertiary/aromatic N) is 4. The summed E-state index contributed by atoms with van der Waals surface area (Å²) in [7, 11) is 0. The average Bonchev–Trinajstić information content (AvgIpc) is 2.78. The summed E-state index contributed by atoms with van der Waals surface area (Å²) in [5.74, 6) is -0.520. The summed E-state index contributed by atoms with van der Waals surface area (Å²) in [6.45, 7) is 5.47. The van der Waals surface area contributed by atoms with E-state index in [9.17, 15) is 14.0 Å². The fraction of sp³-hybridized carbons (Fsp3) is 0.348. The maximum Gasteiger partial charge on any atom is 0.275 e. The zero-order valence-corrected chi connectivity index (χ0v) is 18.1. The van der Waals surface area contributed by atoms with E-state index < -0.39 is 0 Å². The van der Waals surface area contributed by atoms with Crippen LogP contribution in [-0.4, -0.2) is 51.7 Å². The highest BCUT2D eigenvalue weighted by Gasteiger charge is 2.26. The van der Waals surface area contributed by atoms with Gasteiger partial charge in [-0.3, -0.25) is 14.5 Å². The lowest BCUT2D eigenvalue weighted by Crippen LogP contribution is -2.48. The Bertz CT molecular complexity index is 1170. The molecule has 1 saturated heterocycles. The summed E-state index contributed by atoms with van der Waals surface area (Å²) < 4.78 is 14.7. The minimum absolute atomic E-state index is 0.166. The monoisotopic (exact) mass is 442 g/mol. The first-order chi connectivity index (χ1) is 15.0. The van der Waals surface area contributed by atoms with Crippen LogP contribution in [0.1, 0.15) is 29.4 Å². The second kappa shape index (κ2) is 9.16. The molecule has 0 atom stereocenters. The van der Waals surface area contributed by atoms with Crippen LogP contribution in [0.4, 0.5) is 4.39 Å². The summed E-state index contributed by atoms with van der Waals surface area (Å²) in [5, 5.41) is 5.93. The van der Waals surface area contributed by atoms with Crippen LogP contribution in [0.2, 0.25) is 5.02 Å². The Kier molecular flexibility index (Phi) is 6.34. The predicted octanol–water partition coefficient (Wildman–Crippen LogP) is 3.56. The number of fused-ring (bicyclic) bond motifs is 1. The van der Waals surface area contributed by atoms with E-state index in [-0.39, 0.29) is 17.3 Å². The molecule has 2 aromatic carbocycles. The van der Waals surface area contributed by atoms with Crippen LogP contribution in [-0.2, 0) is 13.1 Å². The summed E-state index contributed by atoms with van der Waals surface area (Å²) >= 11 is 6.15. The highest BCUT2D eigenvalue weighted by molar-refractivity contribution is 6.31. The first-order valence-corrected chi connectivity index (χ1v) is 10.8. The van der Waals surface area contributed by atoms with Gasteiger partial charge in [0.15, 0.2) is 5.69 Å². The van der Waals surface area contributed by atoms with Gasteiger partial charge in [-0.1, -0.05) is 42.8 Å².